The molecule has 26 heavy (non-hydrogen) atoms. The molecule has 0 amide bonds. The smallest absolute Gasteiger partial charge is 0.245 e. The Balaban J connectivity index is 1.69. The van der Waals surface area contributed by atoms with E-state index in [9.17, 15) is 8.42 Å². The van der Waals surface area contributed by atoms with Crippen LogP contribution < -0.4 is 0 Å². The van der Waals surface area contributed by atoms with Gasteiger partial charge < -0.3 is 0 Å². The lowest BCUT2D eigenvalue weighted by atomic mass is 9.96. The Morgan fingerprint density at radius 3 is 2.92 bits per heavy atom. The second-order valence-electron chi connectivity index (χ2n) is 6.49. The van der Waals surface area contributed by atoms with Crippen LogP contribution in [0.4, 0.5) is 0 Å². The molecule has 1 saturated heterocycles. The molecule has 5 nitrogen and oxygen atoms in total. The molecule has 1 atom stereocenters. The Morgan fingerprint density at radius 1 is 1.31 bits per heavy atom. The van der Waals surface area contributed by atoms with Gasteiger partial charge in [-0.1, -0.05) is 11.6 Å². The van der Waals surface area contributed by atoms with E-state index in [-0.39, 0.29) is 5.92 Å². The fourth-order valence-corrected chi connectivity index (χ4v) is 7.06. The largest absolute Gasteiger partial charge is 0.252 e. The molecule has 2 aromatic heterocycles. The molecule has 8 heteroatoms. The van der Waals surface area contributed by atoms with Crippen molar-refractivity contribution in [2.45, 2.75) is 29.9 Å². The van der Waals surface area contributed by atoms with E-state index in [0.29, 0.717) is 22.3 Å². The number of piperidine rings is 1. The van der Waals surface area contributed by atoms with Gasteiger partial charge >= 0.3 is 0 Å². The van der Waals surface area contributed by atoms with Crippen LogP contribution in [0.3, 0.4) is 0 Å². The molecule has 0 bridgehead atoms. The molecule has 0 aliphatic carbocycles. The third kappa shape index (κ3) is 3.13. The quantitative estimate of drug-likeness (QED) is 0.652. The van der Waals surface area contributed by atoms with Gasteiger partial charge in [0, 0.05) is 40.6 Å². The van der Waals surface area contributed by atoms with Crippen LogP contribution in [0.25, 0.3) is 10.1 Å². The zero-order chi connectivity index (χ0) is 18.3. The van der Waals surface area contributed by atoms with Crippen molar-refractivity contribution in [3.63, 3.8) is 0 Å². The summed E-state index contributed by atoms with van der Waals surface area (Å²) in [5, 5.41) is 1.52. The molecule has 3 aromatic rings. The molecule has 0 N–H and O–H groups in total. The minimum atomic E-state index is -3.54. The maximum Gasteiger partial charge on any atom is 0.252 e. The lowest BCUT2D eigenvalue weighted by Crippen LogP contribution is -2.39. The van der Waals surface area contributed by atoms with E-state index in [4.69, 9.17) is 11.6 Å². The third-order valence-electron chi connectivity index (χ3n) is 4.84. The van der Waals surface area contributed by atoms with Gasteiger partial charge in [-0.3, -0.25) is 0 Å². The maximum absolute atomic E-state index is 13.3. The van der Waals surface area contributed by atoms with Crippen LogP contribution in [0.15, 0.2) is 41.0 Å². The molecular weight excluding hydrogens is 390 g/mol. The molecule has 0 saturated carbocycles. The first-order valence-electron chi connectivity index (χ1n) is 8.41. The summed E-state index contributed by atoms with van der Waals surface area (Å²) in [4.78, 5) is 8.26. The summed E-state index contributed by atoms with van der Waals surface area (Å²) in [6.45, 7) is 2.85. The zero-order valence-electron chi connectivity index (χ0n) is 14.2. The summed E-state index contributed by atoms with van der Waals surface area (Å²) in [5.41, 5.74) is 1.68. The first kappa shape index (κ1) is 17.9. The molecule has 1 aliphatic rings. The Labute approximate surface area is 161 Å². The number of hydrogen-bond donors (Lipinski definition) is 0. The highest BCUT2D eigenvalue weighted by Crippen LogP contribution is 2.38. The monoisotopic (exact) mass is 407 g/mol. The van der Waals surface area contributed by atoms with Gasteiger partial charge in [0.05, 0.1) is 0 Å². The number of sulfonamides is 1. The van der Waals surface area contributed by atoms with Crippen LogP contribution in [0, 0.1) is 6.92 Å². The number of aryl methyl sites for hydroxylation is 1. The molecule has 0 radical (unpaired) electrons. The highest BCUT2D eigenvalue weighted by atomic mass is 35.5. The van der Waals surface area contributed by atoms with E-state index in [0.717, 1.165) is 34.2 Å². The SMILES string of the molecule is Cc1c(S(=O)(=O)N2CCCC(c3ccncn3)C2)sc2ccc(Cl)cc12. The normalized spacial score (nSPS) is 19.1. The maximum atomic E-state index is 13.3. The van der Waals surface area contributed by atoms with E-state index < -0.39 is 10.0 Å². The Bertz CT molecular complexity index is 1050. The van der Waals surface area contributed by atoms with Gasteiger partial charge in [-0.2, -0.15) is 4.31 Å². The minimum absolute atomic E-state index is 0.102. The molecule has 1 fully saturated rings. The average molecular weight is 408 g/mol. The number of thiophene rings is 1. The fourth-order valence-electron chi connectivity index (χ4n) is 3.48. The summed E-state index contributed by atoms with van der Waals surface area (Å²) in [6.07, 6.45) is 4.98. The van der Waals surface area contributed by atoms with Gasteiger partial charge in [0.2, 0.25) is 0 Å². The van der Waals surface area contributed by atoms with Crippen LogP contribution in [-0.2, 0) is 10.0 Å². The van der Waals surface area contributed by atoms with Gasteiger partial charge in [-0.25, -0.2) is 18.4 Å². The standard InChI is InChI=1S/C18H18ClN3O2S2/c1-12-15-9-14(19)4-5-17(15)25-18(12)26(23,24)22-8-2-3-13(10-22)16-6-7-20-11-21-16/h4-7,9,11,13H,2-3,8,10H2,1H3. The number of halogens is 1. The van der Waals surface area contributed by atoms with Crippen molar-refractivity contribution in [1.82, 2.24) is 14.3 Å². The topological polar surface area (TPSA) is 63.2 Å². The lowest BCUT2D eigenvalue weighted by molar-refractivity contribution is 0.313. The molecule has 1 aliphatic heterocycles. The Hall–Kier alpha value is -1.54. The summed E-state index contributed by atoms with van der Waals surface area (Å²) < 4.78 is 29.6. The van der Waals surface area contributed by atoms with E-state index in [2.05, 4.69) is 9.97 Å². The molecule has 0 spiro atoms. The lowest BCUT2D eigenvalue weighted by Gasteiger charge is -2.31. The van der Waals surface area contributed by atoms with Gasteiger partial charge in [-0.05, 0) is 55.0 Å². The molecule has 3 heterocycles. The fraction of sp³-hybridized carbons (Fsp3) is 0.333. The molecule has 4 rings (SSSR count). The molecule has 136 valence electrons. The number of fused-ring (bicyclic) bond motifs is 1. The van der Waals surface area contributed by atoms with Crippen molar-refractivity contribution >= 4 is 43.0 Å². The van der Waals surface area contributed by atoms with E-state index in [1.807, 2.05) is 25.1 Å². The van der Waals surface area contributed by atoms with Gasteiger partial charge in [0.25, 0.3) is 10.0 Å². The van der Waals surface area contributed by atoms with E-state index >= 15 is 0 Å². The number of nitrogens with zero attached hydrogens (tertiary/aromatic N) is 3. The highest BCUT2D eigenvalue weighted by Gasteiger charge is 2.33. The molecular formula is C18H18ClN3O2S2. The van der Waals surface area contributed by atoms with Crippen LogP contribution in [0.5, 0.6) is 0 Å². The van der Waals surface area contributed by atoms with E-state index in [1.165, 1.54) is 17.7 Å². The number of rotatable bonds is 3. The Kier molecular flexibility index (Phi) is 4.73. The second kappa shape index (κ2) is 6.88. The molecule has 1 aromatic carbocycles. The first-order valence-corrected chi connectivity index (χ1v) is 11.0. The van der Waals surface area contributed by atoms with Crippen molar-refractivity contribution in [3.8, 4) is 0 Å². The first-order chi connectivity index (χ1) is 12.5. The zero-order valence-corrected chi connectivity index (χ0v) is 16.6. The van der Waals surface area contributed by atoms with Gasteiger partial charge in [0.15, 0.2) is 0 Å². The van der Waals surface area contributed by atoms with Crippen molar-refractivity contribution in [2.24, 2.45) is 0 Å². The van der Waals surface area contributed by atoms with Gasteiger partial charge in [0.1, 0.15) is 10.5 Å². The molecule has 1 unspecified atom stereocenters. The minimum Gasteiger partial charge on any atom is -0.245 e. The predicted molar refractivity (Wildman–Crippen MR) is 104 cm³/mol. The number of hydrogen-bond acceptors (Lipinski definition) is 5. The van der Waals surface area contributed by atoms with Crippen molar-refractivity contribution in [2.75, 3.05) is 13.1 Å². The van der Waals surface area contributed by atoms with Crippen LogP contribution in [0.2, 0.25) is 5.02 Å². The highest BCUT2D eigenvalue weighted by molar-refractivity contribution is 7.91. The Morgan fingerprint density at radius 2 is 2.15 bits per heavy atom. The van der Waals surface area contributed by atoms with Crippen molar-refractivity contribution in [3.05, 3.63) is 53.1 Å². The predicted octanol–water partition coefficient (Wildman–Crippen LogP) is 4.22. The van der Waals surface area contributed by atoms with Crippen molar-refractivity contribution in [1.29, 1.82) is 0 Å². The van der Waals surface area contributed by atoms with Crippen LogP contribution >= 0.6 is 22.9 Å². The van der Waals surface area contributed by atoms with Crippen LogP contribution in [0.1, 0.15) is 30.0 Å². The third-order valence-corrected chi connectivity index (χ3v) is 8.81. The summed E-state index contributed by atoms with van der Waals surface area (Å²) >= 11 is 7.40. The summed E-state index contributed by atoms with van der Waals surface area (Å²) in [5.74, 6) is 0.102. The van der Waals surface area contributed by atoms with Gasteiger partial charge in [-0.15, -0.1) is 11.3 Å². The number of aromatic nitrogens is 2. The summed E-state index contributed by atoms with van der Waals surface area (Å²) in [6, 6.07) is 7.38. The van der Waals surface area contributed by atoms with E-state index in [1.54, 1.807) is 16.6 Å². The van der Waals surface area contributed by atoms with Crippen molar-refractivity contribution < 1.29 is 8.42 Å². The second-order valence-corrected chi connectivity index (χ2v) is 10.1. The number of benzene rings is 1. The average Bonchev–Trinajstić information content (AvgIpc) is 2.99. The van der Waals surface area contributed by atoms with Crippen LogP contribution in [-0.4, -0.2) is 35.8 Å². The summed E-state index contributed by atoms with van der Waals surface area (Å²) in [7, 11) is -3.54.